The smallest absolute Gasteiger partial charge is 0.406 e. The molecule has 2 heterocycles. The number of carbonyl (C=O) groups excluding carboxylic acids is 1. The van der Waals surface area contributed by atoms with Crippen LogP contribution in [0, 0.1) is 13.8 Å². The van der Waals surface area contributed by atoms with Crippen molar-refractivity contribution in [3.8, 4) is 5.75 Å². The van der Waals surface area contributed by atoms with Crippen LogP contribution in [0.4, 0.5) is 18.9 Å². The van der Waals surface area contributed by atoms with E-state index < -0.39 is 18.0 Å². The fraction of sp³-hybridized carbons (Fsp3) is 0.250. The van der Waals surface area contributed by atoms with E-state index in [2.05, 4.69) is 41.1 Å². The number of nitrogens with one attached hydrogen (secondary N) is 1. The second-order valence-corrected chi connectivity index (χ2v) is 6.55. The van der Waals surface area contributed by atoms with E-state index >= 15 is 0 Å². The van der Waals surface area contributed by atoms with Crippen LogP contribution in [0.25, 0.3) is 5.78 Å². The molecule has 11 heteroatoms. The maximum Gasteiger partial charge on any atom is 0.573 e. The zero-order chi connectivity index (χ0) is 19.8. The SMILES string of the molecule is Cc1cc(C)n2nc(CC(=O)Nc3ccc(OC(F)(F)F)cc3Br)nc2n1. The van der Waals surface area contributed by atoms with Crippen LogP contribution in [0.3, 0.4) is 0 Å². The fourth-order valence-electron chi connectivity index (χ4n) is 2.41. The molecule has 0 aliphatic heterocycles. The van der Waals surface area contributed by atoms with Crippen LogP contribution in [0.1, 0.15) is 17.2 Å². The van der Waals surface area contributed by atoms with E-state index in [-0.39, 0.29) is 16.7 Å². The first-order valence-corrected chi connectivity index (χ1v) is 8.45. The predicted molar refractivity (Wildman–Crippen MR) is 93.4 cm³/mol. The van der Waals surface area contributed by atoms with Gasteiger partial charge in [-0.3, -0.25) is 4.79 Å². The van der Waals surface area contributed by atoms with Gasteiger partial charge >= 0.3 is 6.36 Å². The zero-order valence-electron chi connectivity index (χ0n) is 14.1. The Balaban J connectivity index is 1.71. The van der Waals surface area contributed by atoms with Gasteiger partial charge in [-0.2, -0.15) is 4.98 Å². The van der Waals surface area contributed by atoms with Crippen molar-refractivity contribution in [1.82, 2.24) is 19.6 Å². The molecule has 1 aromatic carbocycles. The third-order valence-corrected chi connectivity index (χ3v) is 4.09. The largest absolute Gasteiger partial charge is 0.573 e. The number of carbonyl (C=O) groups is 1. The topological polar surface area (TPSA) is 81.4 Å². The molecule has 3 rings (SSSR count). The fourth-order valence-corrected chi connectivity index (χ4v) is 2.87. The molecule has 0 atom stereocenters. The summed E-state index contributed by atoms with van der Waals surface area (Å²) >= 11 is 3.11. The second kappa shape index (κ2) is 7.14. The summed E-state index contributed by atoms with van der Waals surface area (Å²) in [6.45, 7) is 3.68. The van der Waals surface area contributed by atoms with Gasteiger partial charge in [0.1, 0.15) is 5.75 Å². The first-order valence-electron chi connectivity index (χ1n) is 7.66. The Labute approximate surface area is 159 Å². The third-order valence-electron chi connectivity index (χ3n) is 3.43. The monoisotopic (exact) mass is 443 g/mol. The minimum atomic E-state index is -4.79. The van der Waals surface area contributed by atoms with Crippen molar-refractivity contribution in [2.75, 3.05) is 5.32 Å². The van der Waals surface area contributed by atoms with Crippen LogP contribution in [0.2, 0.25) is 0 Å². The highest BCUT2D eigenvalue weighted by Crippen LogP contribution is 2.30. The zero-order valence-corrected chi connectivity index (χ0v) is 15.7. The number of alkyl halides is 3. The summed E-state index contributed by atoms with van der Waals surface area (Å²) in [5.41, 5.74) is 1.91. The van der Waals surface area contributed by atoms with Crippen LogP contribution in [0.15, 0.2) is 28.7 Å². The molecule has 0 unspecified atom stereocenters. The molecule has 27 heavy (non-hydrogen) atoms. The lowest BCUT2D eigenvalue weighted by Gasteiger charge is -2.11. The number of fused-ring (bicyclic) bond motifs is 1. The van der Waals surface area contributed by atoms with Crippen LogP contribution in [0.5, 0.6) is 5.75 Å². The summed E-state index contributed by atoms with van der Waals surface area (Å²) in [5, 5.41) is 6.82. The average molecular weight is 444 g/mol. The van der Waals surface area contributed by atoms with Crippen molar-refractivity contribution in [1.29, 1.82) is 0 Å². The molecule has 0 aliphatic carbocycles. The van der Waals surface area contributed by atoms with Gasteiger partial charge in [0.25, 0.3) is 5.78 Å². The van der Waals surface area contributed by atoms with Crippen molar-refractivity contribution in [2.45, 2.75) is 26.6 Å². The van der Waals surface area contributed by atoms with Crippen LogP contribution < -0.4 is 10.1 Å². The van der Waals surface area contributed by atoms with Crippen molar-refractivity contribution < 1.29 is 22.7 Å². The highest BCUT2D eigenvalue weighted by molar-refractivity contribution is 9.10. The maximum atomic E-state index is 12.2. The Kier molecular flexibility index (Phi) is 5.05. The van der Waals surface area contributed by atoms with E-state index in [0.29, 0.717) is 11.5 Å². The van der Waals surface area contributed by atoms with Gasteiger partial charge in [-0.05, 0) is 54.0 Å². The number of anilines is 1. The molecule has 0 aliphatic rings. The van der Waals surface area contributed by atoms with Crippen molar-refractivity contribution in [3.05, 3.63) is 46.0 Å². The lowest BCUT2D eigenvalue weighted by Crippen LogP contribution is -2.18. The van der Waals surface area contributed by atoms with Crippen LogP contribution in [-0.2, 0) is 11.2 Å². The van der Waals surface area contributed by atoms with Gasteiger partial charge in [0.2, 0.25) is 5.91 Å². The molecule has 0 bridgehead atoms. The molecule has 7 nitrogen and oxygen atoms in total. The van der Waals surface area contributed by atoms with E-state index in [1.807, 2.05) is 19.9 Å². The summed E-state index contributed by atoms with van der Waals surface area (Å²) in [5.74, 6) is -0.149. The number of hydrogen-bond donors (Lipinski definition) is 1. The van der Waals surface area contributed by atoms with Crippen LogP contribution in [-0.4, -0.2) is 31.9 Å². The highest BCUT2D eigenvalue weighted by Gasteiger charge is 2.31. The highest BCUT2D eigenvalue weighted by atomic mass is 79.9. The van der Waals surface area contributed by atoms with Gasteiger partial charge in [0.15, 0.2) is 5.82 Å². The summed E-state index contributed by atoms with van der Waals surface area (Å²) in [7, 11) is 0. The number of halogens is 4. The molecule has 0 spiro atoms. The van der Waals surface area contributed by atoms with E-state index in [1.165, 1.54) is 10.6 Å². The Bertz CT molecular complexity index is 1020. The van der Waals surface area contributed by atoms with Gasteiger partial charge in [-0.25, -0.2) is 9.50 Å². The first kappa shape index (κ1) is 19.1. The number of aromatic nitrogens is 4. The minimum Gasteiger partial charge on any atom is -0.406 e. The lowest BCUT2D eigenvalue weighted by atomic mass is 10.3. The van der Waals surface area contributed by atoms with Gasteiger partial charge in [-0.15, -0.1) is 18.3 Å². The number of rotatable bonds is 4. The van der Waals surface area contributed by atoms with Gasteiger partial charge in [0, 0.05) is 15.9 Å². The summed E-state index contributed by atoms with van der Waals surface area (Å²) in [6, 6.07) is 5.36. The van der Waals surface area contributed by atoms with Gasteiger partial charge in [0.05, 0.1) is 12.1 Å². The molecule has 3 aromatic rings. The van der Waals surface area contributed by atoms with Crippen LogP contribution >= 0.6 is 15.9 Å². The maximum absolute atomic E-state index is 12.2. The standard InChI is InChI=1S/C16H13BrF3N5O2/c1-8-5-9(2)25-15(21-8)23-13(24-25)7-14(26)22-12-4-3-10(6-11(12)17)27-16(18,19)20/h3-6H,7H2,1-2H3,(H,22,26). The summed E-state index contributed by atoms with van der Waals surface area (Å²) in [6.07, 6.45) is -4.90. The number of nitrogens with zero attached hydrogens (tertiary/aromatic N) is 4. The molecule has 1 N–H and O–H groups in total. The number of aryl methyl sites for hydroxylation is 2. The predicted octanol–water partition coefficient (Wildman–Crippen LogP) is 3.58. The summed E-state index contributed by atoms with van der Waals surface area (Å²) in [4.78, 5) is 20.7. The molecule has 2 aromatic heterocycles. The van der Waals surface area contributed by atoms with E-state index in [1.54, 1.807) is 0 Å². The molecular formula is C16H13BrF3N5O2. The molecule has 0 saturated carbocycles. The Morgan fingerprint density at radius 2 is 2.00 bits per heavy atom. The lowest BCUT2D eigenvalue weighted by molar-refractivity contribution is -0.274. The third kappa shape index (κ3) is 4.73. The van der Waals surface area contributed by atoms with Gasteiger partial charge in [-0.1, -0.05) is 0 Å². The quantitative estimate of drug-likeness (QED) is 0.666. The number of ether oxygens (including phenoxy) is 1. The van der Waals surface area contributed by atoms with Crippen molar-refractivity contribution in [2.24, 2.45) is 0 Å². The van der Waals surface area contributed by atoms with E-state index in [0.717, 1.165) is 23.5 Å². The molecule has 0 radical (unpaired) electrons. The minimum absolute atomic E-state index is 0.116. The van der Waals surface area contributed by atoms with Crippen molar-refractivity contribution in [3.63, 3.8) is 0 Å². The Morgan fingerprint density at radius 1 is 1.26 bits per heavy atom. The normalized spacial score (nSPS) is 11.6. The molecular weight excluding hydrogens is 431 g/mol. The molecule has 1 amide bonds. The number of benzene rings is 1. The van der Waals surface area contributed by atoms with Gasteiger partial charge < -0.3 is 10.1 Å². The molecule has 142 valence electrons. The number of hydrogen-bond acceptors (Lipinski definition) is 5. The second-order valence-electron chi connectivity index (χ2n) is 5.69. The average Bonchev–Trinajstić information content (AvgIpc) is 2.91. The first-order chi connectivity index (χ1) is 12.6. The Morgan fingerprint density at radius 3 is 2.67 bits per heavy atom. The molecule has 0 fully saturated rings. The number of amides is 1. The van der Waals surface area contributed by atoms with Crippen molar-refractivity contribution >= 4 is 33.3 Å². The van der Waals surface area contributed by atoms with E-state index in [9.17, 15) is 18.0 Å². The van der Waals surface area contributed by atoms with E-state index in [4.69, 9.17) is 0 Å². The molecule has 0 saturated heterocycles. The Hall–Kier alpha value is -2.69. The summed E-state index contributed by atoms with van der Waals surface area (Å²) < 4.78 is 42.3.